The molecular formula is ClF5Sb-. The number of halogens is 6. The fourth-order valence-electron chi connectivity index (χ4n) is 0. The second kappa shape index (κ2) is 0.902. The molecule has 0 spiro atoms. The van der Waals surface area contributed by atoms with Crippen LogP contribution in [0.15, 0.2) is 0 Å². The standard InChI is InChI=1S/ClH.5FH.Sb/h6*1H;/q;;;;;;+5/p-6. The van der Waals surface area contributed by atoms with E-state index in [4.69, 9.17) is 0 Å². The molecule has 0 saturated carbocycles. The molecule has 0 aromatic carbocycles. The van der Waals surface area contributed by atoms with Crippen molar-refractivity contribution in [2.45, 2.75) is 0 Å². The van der Waals surface area contributed by atoms with Crippen molar-refractivity contribution in [3.05, 3.63) is 0 Å². The Bertz CT molecular complexity index is 66.6. The Labute approximate surface area is 41.0 Å². The van der Waals surface area contributed by atoms with E-state index in [9.17, 15) is 14.1 Å². The quantitative estimate of drug-likeness (QED) is 0.459. The van der Waals surface area contributed by atoms with Crippen LogP contribution in [-0.4, -0.2) is 17.8 Å². The Morgan fingerprint density at radius 3 is 0.857 bits per heavy atom. The molecule has 0 saturated heterocycles. The second-order valence-corrected chi connectivity index (χ2v) is 10.7. The summed E-state index contributed by atoms with van der Waals surface area (Å²) in [6, 6.07) is 0. The Morgan fingerprint density at radius 1 is 0.857 bits per heavy atom. The first kappa shape index (κ1) is 7.76. The van der Waals surface area contributed by atoms with Crippen LogP contribution in [-0.2, 0) is 0 Å². The summed E-state index contributed by atoms with van der Waals surface area (Å²) in [6.07, 6.45) is 0. The average molecular weight is 252 g/mol. The molecule has 0 aliphatic heterocycles. The van der Waals surface area contributed by atoms with Crippen molar-refractivity contribution in [1.82, 2.24) is 0 Å². The van der Waals surface area contributed by atoms with Crippen LogP contribution in [0.2, 0.25) is 0 Å². The minimum absolute atomic E-state index is 2.90. The van der Waals surface area contributed by atoms with Gasteiger partial charge in [0.2, 0.25) is 0 Å². The summed E-state index contributed by atoms with van der Waals surface area (Å²) in [7, 11) is 2.90. The van der Waals surface area contributed by atoms with Crippen LogP contribution in [0.1, 0.15) is 0 Å². The summed E-state index contributed by atoms with van der Waals surface area (Å²) in [4.78, 5) is 0. The first-order valence-electron chi connectivity index (χ1n) is 1.01. The molecule has 0 unspecified atom stereocenters. The summed E-state index contributed by atoms with van der Waals surface area (Å²) < 4.78 is 51.8. The molecule has 0 nitrogen and oxygen atoms in total. The fourth-order valence-corrected chi connectivity index (χ4v) is 0. The van der Waals surface area contributed by atoms with Crippen LogP contribution in [0.4, 0.5) is 14.1 Å². The zero-order valence-corrected chi connectivity index (χ0v) is 6.02. The third kappa shape index (κ3) is 266. The predicted molar refractivity (Wildman–Crippen MR) is 17.1 cm³/mol. The summed E-state index contributed by atoms with van der Waals surface area (Å²) in [6.45, 7) is 0. The van der Waals surface area contributed by atoms with Crippen molar-refractivity contribution in [2.75, 3.05) is 0 Å². The van der Waals surface area contributed by atoms with Gasteiger partial charge in [-0.2, -0.15) is 0 Å². The van der Waals surface area contributed by atoms with Gasteiger partial charge >= 0.3 is 40.6 Å². The maximum atomic E-state index is 10.4. The summed E-state index contributed by atoms with van der Waals surface area (Å²) >= 11 is -10.3. The van der Waals surface area contributed by atoms with Gasteiger partial charge in [0, 0.05) is 0 Å². The molecule has 7 heteroatoms. The third-order valence-electron chi connectivity index (χ3n) is 0. The Hall–Kier alpha value is 0.758. The SMILES string of the molecule is [F][Sb-]([F])([F])([F])([F])[Cl]. The van der Waals surface area contributed by atoms with Crippen LogP contribution in [0, 0.1) is 0 Å². The van der Waals surface area contributed by atoms with Gasteiger partial charge in [-0.3, -0.25) is 0 Å². The molecule has 0 atom stereocenters. The van der Waals surface area contributed by atoms with Crippen LogP contribution in [0.25, 0.3) is 0 Å². The normalized spacial score (nSPS) is 23.1. The van der Waals surface area contributed by atoms with Gasteiger partial charge < -0.3 is 0 Å². The predicted octanol–water partition coefficient (Wildman–Crippen LogP) is 2.41. The molecule has 7 heavy (non-hydrogen) atoms. The van der Waals surface area contributed by atoms with Gasteiger partial charge in [0.05, 0.1) is 0 Å². The average Bonchev–Trinajstić information content (AvgIpc) is 0.592. The van der Waals surface area contributed by atoms with Crippen LogP contribution >= 0.6 is 8.83 Å². The summed E-state index contributed by atoms with van der Waals surface area (Å²) in [5.41, 5.74) is 0. The van der Waals surface area contributed by atoms with Crippen molar-refractivity contribution < 1.29 is 14.1 Å². The van der Waals surface area contributed by atoms with Crippen LogP contribution < -0.4 is 0 Å². The van der Waals surface area contributed by atoms with E-state index in [1.807, 2.05) is 0 Å². The van der Waals surface area contributed by atoms with E-state index in [0.29, 0.717) is 0 Å². The third-order valence-corrected chi connectivity index (χ3v) is 0. The van der Waals surface area contributed by atoms with Crippen LogP contribution in [0.5, 0.6) is 0 Å². The van der Waals surface area contributed by atoms with E-state index < -0.39 is 17.8 Å². The van der Waals surface area contributed by atoms with Gasteiger partial charge in [-0.25, -0.2) is 0 Å². The van der Waals surface area contributed by atoms with E-state index in [-0.39, 0.29) is 0 Å². The van der Waals surface area contributed by atoms with Crippen molar-refractivity contribution in [1.29, 1.82) is 0 Å². The second-order valence-electron chi connectivity index (χ2n) is 0.958. The van der Waals surface area contributed by atoms with Crippen molar-refractivity contribution in [3.8, 4) is 0 Å². The molecule has 0 radical (unpaired) electrons. The van der Waals surface area contributed by atoms with Gasteiger partial charge in [-0.15, -0.1) is 0 Å². The molecule has 0 aliphatic carbocycles. The molecule has 0 fully saturated rings. The number of rotatable bonds is 0. The zero-order valence-electron chi connectivity index (χ0n) is 2.72. The van der Waals surface area contributed by atoms with Gasteiger partial charge in [-0.05, 0) is 0 Å². The van der Waals surface area contributed by atoms with Gasteiger partial charge in [0.1, 0.15) is 0 Å². The first-order chi connectivity index (χ1) is 2.45. The van der Waals surface area contributed by atoms with E-state index >= 15 is 0 Å². The molecule has 0 aliphatic rings. The fraction of sp³-hybridized carbons (Fsp3) is 0. The van der Waals surface area contributed by atoms with E-state index in [2.05, 4.69) is 8.83 Å². The molecule has 0 bridgehead atoms. The van der Waals surface area contributed by atoms with Crippen molar-refractivity contribution in [2.24, 2.45) is 0 Å². The number of hydrogen-bond acceptors (Lipinski definition) is 0. The molecular weight excluding hydrogens is 252 g/mol. The molecule has 0 aromatic heterocycles. The Morgan fingerprint density at radius 2 is 0.857 bits per heavy atom. The molecule has 48 valence electrons. The molecule has 0 heterocycles. The first-order valence-corrected chi connectivity index (χ1v) is 9.07. The maximum absolute atomic E-state index is 10.4. The van der Waals surface area contributed by atoms with Crippen LogP contribution in [0.3, 0.4) is 0 Å². The van der Waals surface area contributed by atoms with E-state index in [1.54, 1.807) is 0 Å². The Balaban J connectivity index is 4.43. The topological polar surface area (TPSA) is 0 Å². The van der Waals surface area contributed by atoms with Gasteiger partial charge in [0.25, 0.3) is 0 Å². The van der Waals surface area contributed by atoms with Crippen molar-refractivity contribution >= 4 is 26.6 Å². The molecule has 0 aromatic rings. The van der Waals surface area contributed by atoms with Gasteiger partial charge in [0.15, 0.2) is 0 Å². The number of hydrogen-bond donors (Lipinski definition) is 0. The molecule has 0 rings (SSSR count). The minimum atomic E-state index is -10.3. The summed E-state index contributed by atoms with van der Waals surface area (Å²) in [5.74, 6) is 0. The van der Waals surface area contributed by atoms with Crippen molar-refractivity contribution in [3.63, 3.8) is 0 Å². The monoisotopic (exact) mass is 251 g/mol. The van der Waals surface area contributed by atoms with E-state index in [1.165, 1.54) is 0 Å². The van der Waals surface area contributed by atoms with Gasteiger partial charge in [-0.1, -0.05) is 0 Å². The zero-order chi connectivity index (χ0) is 6.41. The molecule has 0 amide bonds. The summed E-state index contributed by atoms with van der Waals surface area (Å²) in [5, 5.41) is 0. The molecule has 0 N–H and O–H groups in total. The van der Waals surface area contributed by atoms with E-state index in [0.717, 1.165) is 0 Å². The Kier molecular flexibility index (Phi) is 1.00.